The van der Waals surface area contributed by atoms with E-state index >= 15 is 0 Å². The molecule has 0 spiro atoms. The average molecular weight is 280 g/mol. The predicted molar refractivity (Wildman–Crippen MR) is 88.3 cm³/mol. The molecule has 0 aromatic heterocycles. The summed E-state index contributed by atoms with van der Waals surface area (Å²) in [4.78, 5) is 2.47. The predicted octanol–water partition coefficient (Wildman–Crippen LogP) is 3.18. The van der Waals surface area contributed by atoms with Crippen LogP contribution >= 0.6 is 0 Å². The molecule has 1 aliphatic rings. The van der Waals surface area contributed by atoms with Crippen molar-refractivity contribution in [2.45, 2.75) is 31.8 Å². The monoisotopic (exact) mass is 280 g/mol. The van der Waals surface area contributed by atoms with E-state index in [9.17, 15) is 0 Å². The largest absolute Gasteiger partial charge is 0.326 e. The van der Waals surface area contributed by atoms with Gasteiger partial charge in [0.25, 0.3) is 0 Å². The first kappa shape index (κ1) is 14.3. The average Bonchev–Trinajstić information content (AvgIpc) is 2.89. The van der Waals surface area contributed by atoms with E-state index in [1.165, 1.54) is 16.7 Å². The van der Waals surface area contributed by atoms with Gasteiger partial charge in [-0.3, -0.25) is 4.90 Å². The quantitative estimate of drug-likeness (QED) is 0.932. The summed E-state index contributed by atoms with van der Waals surface area (Å²) in [7, 11) is 0. The summed E-state index contributed by atoms with van der Waals surface area (Å²) in [6, 6.07) is 19.9. The molecule has 1 heterocycles. The Bertz CT molecular complexity index is 562. The Labute approximate surface area is 127 Å². The Morgan fingerprint density at radius 3 is 2.33 bits per heavy atom. The van der Waals surface area contributed by atoms with E-state index in [1.54, 1.807) is 0 Å². The molecule has 2 N–H and O–H groups in total. The van der Waals surface area contributed by atoms with Crippen LogP contribution in [0.4, 0.5) is 0 Å². The molecule has 2 unspecified atom stereocenters. The second-order valence-corrected chi connectivity index (χ2v) is 6.05. The van der Waals surface area contributed by atoms with Gasteiger partial charge in [-0.2, -0.15) is 0 Å². The van der Waals surface area contributed by atoms with Crippen LogP contribution in [0.15, 0.2) is 54.6 Å². The normalized spacial score (nSPS) is 22.6. The summed E-state index contributed by atoms with van der Waals surface area (Å²) < 4.78 is 0. The minimum absolute atomic E-state index is 0.237. The Morgan fingerprint density at radius 1 is 0.952 bits per heavy atom. The fraction of sp³-hybridized carbons (Fsp3) is 0.368. The lowest BCUT2D eigenvalue weighted by molar-refractivity contribution is 0.324. The van der Waals surface area contributed by atoms with Crippen LogP contribution in [0.25, 0.3) is 0 Å². The minimum Gasteiger partial charge on any atom is -0.326 e. The topological polar surface area (TPSA) is 29.3 Å². The molecule has 110 valence electrons. The van der Waals surface area contributed by atoms with Crippen molar-refractivity contribution in [2.24, 2.45) is 5.73 Å². The van der Waals surface area contributed by atoms with E-state index in [1.807, 2.05) is 0 Å². The number of likely N-dealkylation sites (tertiary alicyclic amines) is 1. The van der Waals surface area contributed by atoms with Crippen LogP contribution in [0.2, 0.25) is 0 Å². The molecule has 21 heavy (non-hydrogen) atoms. The van der Waals surface area contributed by atoms with Crippen molar-refractivity contribution in [3.05, 3.63) is 71.3 Å². The van der Waals surface area contributed by atoms with Crippen LogP contribution in [-0.4, -0.2) is 24.0 Å². The summed E-state index contributed by atoms with van der Waals surface area (Å²) in [5.41, 5.74) is 10.5. The van der Waals surface area contributed by atoms with E-state index in [0.29, 0.717) is 5.92 Å². The molecule has 0 saturated carbocycles. The van der Waals surface area contributed by atoms with Gasteiger partial charge in [-0.15, -0.1) is 0 Å². The highest BCUT2D eigenvalue weighted by Crippen LogP contribution is 2.27. The van der Waals surface area contributed by atoms with Crippen molar-refractivity contribution in [1.82, 2.24) is 4.90 Å². The van der Waals surface area contributed by atoms with Crippen molar-refractivity contribution < 1.29 is 0 Å². The van der Waals surface area contributed by atoms with E-state index in [2.05, 4.69) is 66.4 Å². The lowest BCUT2D eigenvalue weighted by Gasteiger charge is -2.16. The number of hydrogen-bond acceptors (Lipinski definition) is 2. The second kappa shape index (κ2) is 6.42. The zero-order chi connectivity index (χ0) is 14.7. The third-order valence-corrected chi connectivity index (χ3v) is 4.51. The number of hydrogen-bond donors (Lipinski definition) is 1. The van der Waals surface area contributed by atoms with Gasteiger partial charge < -0.3 is 5.73 Å². The highest BCUT2D eigenvalue weighted by Gasteiger charge is 2.30. The Kier molecular flexibility index (Phi) is 4.37. The van der Waals surface area contributed by atoms with Crippen LogP contribution in [0.1, 0.15) is 29.5 Å². The molecule has 0 aliphatic carbocycles. The van der Waals surface area contributed by atoms with Gasteiger partial charge in [0.2, 0.25) is 0 Å². The van der Waals surface area contributed by atoms with Crippen molar-refractivity contribution in [2.75, 3.05) is 13.1 Å². The fourth-order valence-corrected chi connectivity index (χ4v) is 3.24. The second-order valence-electron chi connectivity index (χ2n) is 6.05. The summed E-state index contributed by atoms with van der Waals surface area (Å²) >= 11 is 0. The molecular weight excluding hydrogens is 256 g/mol. The first-order valence-electron chi connectivity index (χ1n) is 7.87. The molecule has 2 aromatic rings. The molecular formula is C19H24N2. The number of benzene rings is 2. The zero-order valence-corrected chi connectivity index (χ0v) is 12.7. The van der Waals surface area contributed by atoms with Crippen molar-refractivity contribution in [3.8, 4) is 0 Å². The van der Waals surface area contributed by atoms with Crippen molar-refractivity contribution >= 4 is 0 Å². The molecule has 2 aromatic carbocycles. The Morgan fingerprint density at radius 2 is 1.67 bits per heavy atom. The smallest absolute Gasteiger partial charge is 0.0250 e. The number of rotatable bonds is 4. The van der Waals surface area contributed by atoms with E-state index in [-0.39, 0.29) is 6.04 Å². The van der Waals surface area contributed by atoms with Gasteiger partial charge in [0.15, 0.2) is 0 Å². The molecule has 2 heteroatoms. The molecule has 0 radical (unpaired) electrons. The summed E-state index contributed by atoms with van der Waals surface area (Å²) in [6.07, 6.45) is 1.09. The maximum absolute atomic E-state index is 6.38. The fourth-order valence-electron chi connectivity index (χ4n) is 3.24. The number of nitrogens with two attached hydrogens (primary N) is 1. The van der Waals surface area contributed by atoms with E-state index in [4.69, 9.17) is 5.73 Å². The van der Waals surface area contributed by atoms with E-state index < -0.39 is 0 Å². The van der Waals surface area contributed by atoms with Crippen LogP contribution in [0.5, 0.6) is 0 Å². The first-order valence-corrected chi connectivity index (χ1v) is 7.87. The van der Waals surface area contributed by atoms with Crippen LogP contribution in [0.3, 0.4) is 0 Å². The van der Waals surface area contributed by atoms with E-state index in [0.717, 1.165) is 26.1 Å². The number of aryl methyl sites for hydroxylation is 1. The van der Waals surface area contributed by atoms with Crippen LogP contribution in [0, 0.1) is 0 Å². The molecule has 1 aliphatic heterocycles. The lowest BCUT2D eigenvalue weighted by Crippen LogP contribution is -2.28. The zero-order valence-electron chi connectivity index (χ0n) is 12.7. The number of nitrogens with zero attached hydrogens (tertiary/aromatic N) is 1. The summed E-state index contributed by atoms with van der Waals surface area (Å²) in [6.45, 7) is 5.23. The van der Waals surface area contributed by atoms with Gasteiger partial charge in [0.05, 0.1) is 0 Å². The third kappa shape index (κ3) is 3.34. The third-order valence-electron chi connectivity index (χ3n) is 4.51. The lowest BCUT2D eigenvalue weighted by atomic mass is 9.94. The Hall–Kier alpha value is -1.64. The van der Waals surface area contributed by atoms with Crippen LogP contribution in [-0.2, 0) is 13.0 Å². The highest BCUT2D eigenvalue weighted by molar-refractivity contribution is 5.28. The van der Waals surface area contributed by atoms with Crippen molar-refractivity contribution in [1.29, 1.82) is 0 Å². The molecule has 0 amide bonds. The summed E-state index contributed by atoms with van der Waals surface area (Å²) in [5.74, 6) is 0.458. The summed E-state index contributed by atoms with van der Waals surface area (Å²) in [5, 5.41) is 0. The van der Waals surface area contributed by atoms with Gasteiger partial charge in [-0.05, 0) is 23.1 Å². The standard InChI is InChI=1S/C19H24N2/c1-2-15-8-10-17(11-9-15)18-13-21(14-19(18)20)12-16-6-4-3-5-7-16/h3-11,18-19H,2,12-14,20H2,1H3. The molecule has 1 fully saturated rings. The van der Waals surface area contributed by atoms with Crippen molar-refractivity contribution in [3.63, 3.8) is 0 Å². The van der Waals surface area contributed by atoms with Crippen LogP contribution < -0.4 is 5.73 Å². The Balaban J connectivity index is 1.67. The highest BCUT2D eigenvalue weighted by atomic mass is 15.2. The molecule has 0 bridgehead atoms. The molecule has 2 nitrogen and oxygen atoms in total. The van der Waals surface area contributed by atoms with Gasteiger partial charge in [0.1, 0.15) is 0 Å². The van der Waals surface area contributed by atoms with Gasteiger partial charge in [-0.25, -0.2) is 0 Å². The maximum atomic E-state index is 6.38. The van der Waals surface area contributed by atoms with Gasteiger partial charge in [-0.1, -0.05) is 61.5 Å². The molecule has 2 atom stereocenters. The van der Waals surface area contributed by atoms with Gasteiger partial charge >= 0.3 is 0 Å². The molecule has 3 rings (SSSR count). The molecule has 1 saturated heterocycles. The minimum atomic E-state index is 0.237. The SMILES string of the molecule is CCc1ccc(C2CN(Cc3ccccc3)CC2N)cc1. The van der Waals surface area contributed by atoms with Gasteiger partial charge in [0, 0.05) is 31.6 Å². The first-order chi connectivity index (χ1) is 10.3. The maximum Gasteiger partial charge on any atom is 0.0250 e.